The summed E-state index contributed by atoms with van der Waals surface area (Å²) < 4.78 is 10.6. The second kappa shape index (κ2) is 3.47. The van der Waals surface area contributed by atoms with Crippen LogP contribution in [0.1, 0.15) is 19.2 Å². The van der Waals surface area contributed by atoms with Crippen LogP contribution in [-0.4, -0.2) is 4.98 Å². The van der Waals surface area contributed by atoms with Crippen LogP contribution in [-0.2, 0) is 6.42 Å². The van der Waals surface area contributed by atoms with Gasteiger partial charge in [-0.05, 0) is 18.6 Å². The van der Waals surface area contributed by atoms with Crippen molar-refractivity contribution in [2.45, 2.75) is 19.8 Å². The molecule has 0 aliphatic carbocycles. The average molecular weight is 177 g/mol. The highest BCUT2D eigenvalue weighted by Crippen LogP contribution is 2.20. The third-order valence-corrected chi connectivity index (χ3v) is 1.78. The number of hydrogen-bond acceptors (Lipinski definition) is 3. The zero-order valence-corrected chi connectivity index (χ0v) is 7.49. The number of aromatic nitrogens is 1. The summed E-state index contributed by atoms with van der Waals surface area (Å²) in [5.74, 6) is 2.21. The summed E-state index contributed by atoms with van der Waals surface area (Å²) in [5, 5.41) is 0. The molecular formula is C10H11NO2. The average Bonchev–Trinajstić information content (AvgIpc) is 2.70. The van der Waals surface area contributed by atoms with Gasteiger partial charge >= 0.3 is 0 Å². The van der Waals surface area contributed by atoms with Gasteiger partial charge in [0.1, 0.15) is 0 Å². The lowest BCUT2D eigenvalue weighted by Gasteiger charge is -1.89. The Morgan fingerprint density at radius 1 is 1.38 bits per heavy atom. The molecule has 0 radical (unpaired) electrons. The van der Waals surface area contributed by atoms with E-state index in [2.05, 4.69) is 11.9 Å². The molecule has 0 fully saturated rings. The van der Waals surface area contributed by atoms with Crippen LogP contribution in [0.2, 0.25) is 0 Å². The van der Waals surface area contributed by atoms with Gasteiger partial charge in [-0.25, -0.2) is 4.98 Å². The Morgan fingerprint density at radius 2 is 2.31 bits per heavy atom. The van der Waals surface area contributed by atoms with Gasteiger partial charge in [-0.2, -0.15) is 0 Å². The minimum atomic E-state index is 0.702. The van der Waals surface area contributed by atoms with Crippen LogP contribution in [0.25, 0.3) is 11.5 Å². The number of hydrogen-bond donors (Lipinski definition) is 0. The van der Waals surface area contributed by atoms with Crippen LogP contribution in [0.15, 0.2) is 33.4 Å². The highest BCUT2D eigenvalue weighted by atomic mass is 16.4. The number of nitrogens with zero attached hydrogens (tertiary/aromatic N) is 1. The van der Waals surface area contributed by atoms with Crippen molar-refractivity contribution in [3.8, 4) is 11.5 Å². The van der Waals surface area contributed by atoms with Crippen molar-refractivity contribution in [1.29, 1.82) is 0 Å². The quantitative estimate of drug-likeness (QED) is 0.723. The molecule has 0 atom stereocenters. The summed E-state index contributed by atoms with van der Waals surface area (Å²) in [6, 6.07) is 3.69. The zero-order valence-electron chi connectivity index (χ0n) is 7.49. The van der Waals surface area contributed by atoms with Crippen LogP contribution in [0.3, 0.4) is 0 Å². The first-order valence-electron chi connectivity index (χ1n) is 4.38. The molecule has 2 aromatic rings. The lowest BCUT2D eigenvalue weighted by molar-refractivity contribution is 0.479. The van der Waals surface area contributed by atoms with E-state index >= 15 is 0 Å². The van der Waals surface area contributed by atoms with Crippen molar-refractivity contribution in [3.05, 3.63) is 30.5 Å². The predicted molar refractivity (Wildman–Crippen MR) is 48.2 cm³/mol. The van der Waals surface area contributed by atoms with Crippen molar-refractivity contribution in [2.24, 2.45) is 0 Å². The van der Waals surface area contributed by atoms with E-state index in [0.717, 1.165) is 24.5 Å². The van der Waals surface area contributed by atoms with Crippen molar-refractivity contribution < 1.29 is 8.83 Å². The summed E-state index contributed by atoms with van der Waals surface area (Å²) >= 11 is 0. The van der Waals surface area contributed by atoms with E-state index in [4.69, 9.17) is 8.83 Å². The molecule has 0 amide bonds. The molecule has 0 N–H and O–H groups in total. The largest absolute Gasteiger partial charge is 0.461 e. The molecule has 2 rings (SSSR count). The van der Waals surface area contributed by atoms with E-state index in [9.17, 15) is 0 Å². The maximum Gasteiger partial charge on any atom is 0.195 e. The molecule has 0 saturated heterocycles. The number of oxazole rings is 1. The van der Waals surface area contributed by atoms with E-state index in [-0.39, 0.29) is 0 Å². The molecular weight excluding hydrogens is 166 g/mol. The lowest BCUT2D eigenvalue weighted by Crippen LogP contribution is -1.79. The van der Waals surface area contributed by atoms with E-state index in [1.165, 1.54) is 0 Å². The third-order valence-electron chi connectivity index (χ3n) is 1.78. The van der Waals surface area contributed by atoms with Gasteiger partial charge in [-0.15, -0.1) is 0 Å². The fraction of sp³-hybridized carbons (Fsp3) is 0.300. The van der Waals surface area contributed by atoms with Gasteiger partial charge in [-0.3, -0.25) is 0 Å². The first kappa shape index (κ1) is 8.10. The minimum absolute atomic E-state index is 0.702. The Hall–Kier alpha value is -1.51. The summed E-state index contributed by atoms with van der Waals surface area (Å²) in [7, 11) is 0. The second-order valence-corrected chi connectivity index (χ2v) is 2.85. The Kier molecular flexibility index (Phi) is 2.17. The van der Waals surface area contributed by atoms with Gasteiger partial charge < -0.3 is 8.83 Å². The molecule has 0 unspecified atom stereocenters. The number of rotatable bonds is 3. The normalized spacial score (nSPS) is 10.5. The Labute approximate surface area is 76.4 Å². The molecule has 0 bridgehead atoms. The molecule has 0 spiro atoms. The van der Waals surface area contributed by atoms with Crippen molar-refractivity contribution in [3.63, 3.8) is 0 Å². The SMILES string of the molecule is CCCc1ncc(-c2ccco2)o1. The summed E-state index contributed by atoms with van der Waals surface area (Å²) in [5.41, 5.74) is 0. The van der Waals surface area contributed by atoms with Crippen LogP contribution in [0, 0.1) is 0 Å². The van der Waals surface area contributed by atoms with Crippen LogP contribution in [0.4, 0.5) is 0 Å². The predicted octanol–water partition coefficient (Wildman–Crippen LogP) is 2.89. The summed E-state index contributed by atoms with van der Waals surface area (Å²) in [4.78, 5) is 4.14. The fourth-order valence-corrected chi connectivity index (χ4v) is 1.17. The molecule has 2 aromatic heterocycles. The van der Waals surface area contributed by atoms with Crippen LogP contribution < -0.4 is 0 Å². The summed E-state index contributed by atoms with van der Waals surface area (Å²) in [6.45, 7) is 2.09. The van der Waals surface area contributed by atoms with Gasteiger partial charge in [0, 0.05) is 6.42 Å². The van der Waals surface area contributed by atoms with Crippen molar-refractivity contribution >= 4 is 0 Å². The van der Waals surface area contributed by atoms with E-state index in [0.29, 0.717) is 5.76 Å². The molecule has 0 aliphatic rings. The highest BCUT2D eigenvalue weighted by Gasteiger charge is 2.06. The minimum Gasteiger partial charge on any atom is -0.461 e. The molecule has 68 valence electrons. The van der Waals surface area contributed by atoms with Crippen molar-refractivity contribution in [2.75, 3.05) is 0 Å². The molecule has 3 nitrogen and oxygen atoms in total. The first-order valence-corrected chi connectivity index (χ1v) is 4.38. The molecule has 3 heteroatoms. The molecule has 0 aromatic carbocycles. The first-order chi connectivity index (χ1) is 6.40. The van der Waals surface area contributed by atoms with E-state index in [1.54, 1.807) is 12.5 Å². The zero-order chi connectivity index (χ0) is 9.10. The van der Waals surface area contributed by atoms with Crippen LogP contribution in [0.5, 0.6) is 0 Å². The maximum absolute atomic E-state index is 5.46. The topological polar surface area (TPSA) is 39.2 Å². The van der Waals surface area contributed by atoms with E-state index < -0.39 is 0 Å². The second-order valence-electron chi connectivity index (χ2n) is 2.85. The Morgan fingerprint density at radius 3 is 3.00 bits per heavy atom. The standard InChI is InChI=1S/C10H11NO2/c1-2-4-10-11-7-9(13-10)8-5-3-6-12-8/h3,5-7H,2,4H2,1H3. The molecule has 13 heavy (non-hydrogen) atoms. The Bertz CT molecular complexity index is 362. The van der Waals surface area contributed by atoms with Gasteiger partial charge in [0.05, 0.1) is 12.5 Å². The summed E-state index contributed by atoms with van der Waals surface area (Å²) in [6.07, 6.45) is 5.24. The van der Waals surface area contributed by atoms with Crippen LogP contribution >= 0.6 is 0 Å². The smallest absolute Gasteiger partial charge is 0.195 e. The number of aryl methyl sites for hydroxylation is 1. The molecule has 2 heterocycles. The monoisotopic (exact) mass is 177 g/mol. The van der Waals surface area contributed by atoms with Crippen molar-refractivity contribution in [1.82, 2.24) is 4.98 Å². The Balaban J connectivity index is 2.23. The molecule has 0 saturated carbocycles. The molecule has 0 aliphatic heterocycles. The van der Waals surface area contributed by atoms with Gasteiger partial charge in [0.15, 0.2) is 17.4 Å². The van der Waals surface area contributed by atoms with Gasteiger partial charge in [0.2, 0.25) is 0 Å². The van der Waals surface area contributed by atoms with E-state index in [1.807, 2.05) is 12.1 Å². The fourth-order valence-electron chi connectivity index (χ4n) is 1.17. The highest BCUT2D eigenvalue weighted by molar-refractivity contribution is 5.47. The number of furan rings is 1. The third kappa shape index (κ3) is 1.64. The maximum atomic E-state index is 5.46. The van der Waals surface area contributed by atoms with Gasteiger partial charge in [0.25, 0.3) is 0 Å². The lowest BCUT2D eigenvalue weighted by atomic mass is 10.3. The van der Waals surface area contributed by atoms with Gasteiger partial charge in [-0.1, -0.05) is 6.92 Å².